The van der Waals surface area contributed by atoms with Crippen molar-refractivity contribution in [3.63, 3.8) is 0 Å². The van der Waals surface area contributed by atoms with Gasteiger partial charge in [0, 0.05) is 23.1 Å². The van der Waals surface area contributed by atoms with Gasteiger partial charge in [0.05, 0.1) is 23.9 Å². The number of benzene rings is 3. The van der Waals surface area contributed by atoms with Crippen molar-refractivity contribution in [1.29, 1.82) is 0 Å². The van der Waals surface area contributed by atoms with Crippen molar-refractivity contribution in [3.8, 4) is 0 Å². The fourth-order valence-corrected chi connectivity index (χ4v) is 3.56. The van der Waals surface area contributed by atoms with Gasteiger partial charge in [-0.25, -0.2) is 4.79 Å². The first kappa shape index (κ1) is 21.3. The van der Waals surface area contributed by atoms with Crippen LogP contribution in [0, 0.1) is 6.92 Å². The monoisotopic (exact) mass is 441 g/mol. The zero-order chi connectivity index (χ0) is 22.9. The molecule has 166 valence electrons. The fraction of sp³-hybridized carbons (Fsp3) is 0.125. The number of carbonyl (C=O) groups is 1. The number of nitrogens with one attached hydrogen (secondary N) is 3. The molecule has 3 N–H and O–H groups in total. The fourth-order valence-electron chi connectivity index (χ4n) is 3.56. The summed E-state index contributed by atoms with van der Waals surface area (Å²) in [6.07, 6.45) is -4.43. The lowest BCUT2D eigenvalue weighted by molar-refractivity contribution is -0.137. The lowest BCUT2D eigenvalue weighted by Crippen LogP contribution is -2.49. The maximum atomic E-state index is 13.2. The summed E-state index contributed by atoms with van der Waals surface area (Å²) in [6, 6.07) is 18.3. The van der Waals surface area contributed by atoms with Gasteiger partial charge < -0.3 is 10.1 Å². The van der Waals surface area contributed by atoms with Gasteiger partial charge in [-0.15, -0.1) is 0 Å². The minimum absolute atomic E-state index is 0. The Hall–Kier alpha value is -3.94. The summed E-state index contributed by atoms with van der Waals surface area (Å²) in [4.78, 5) is 11.7. The number of hydrogen-bond acceptors (Lipinski definition) is 5. The van der Waals surface area contributed by atoms with Gasteiger partial charge in [-0.2, -0.15) is 13.2 Å². The Morgan fingerprint density at radius 2 is 1.66 bits per heavy atom. The number of aryl methyl sites for hydroxylation is 1. The molecule has 0 saturated heterocycles. The van der Waals surface area contributed by atoms with Gasteiger partial charge in [-0.05, 0) is 42.8 Å². The van der Waals surface area contributed by atoms with E-state index in [4.69, 9.17) is 4.74 Å². The van der Waals surface area contributed by atoms with Crippen LogP contribution in [0.4, 0.5) is 18.9 Å². The third-order valence-corrected chi connectivity index (χ3v) is 5.05. The molecule has 0 atom stereocenters. The van der Waals surface area contributed by atoms with Crippen LogP contribution in [0.2, 0.25) is 0 Å². The zero-order valence-corrected chi connectivity index (χ0v) is 17.3. The molecule has 0 amide bonds. The molecule has 0 aromatic heterocycles. The highest BCUT2D eigenvalue weighted by atomic mass is 19.4. The number of fused-ring (bicyclic) bond motifs is 1. The van der Waals surface area contributed by atoms with Crippen molar-refractivity contribution in [2.75, 3.05) is 12.4 Å². The number of alkyl halides is 3. The topological polar surface area (TPSA) is 62.4 Å². The summed E-state index contributed by atoms with van der Waals surface area (Å²) in [7, 11) is 1.32. The molecule has 1 aliphatic heterocycles. The van der Waals surface area contributed by atoms with E-state index in [9.17, 15) is 18.0 Å². The highest BCUT2D eigenvalue weighted by Gasteiger charge is 2.31. The Morgan fingerprint density at radius 1 is 0.969 bits per heavy atom. The van der Waals surface area contributed by atoms with Crippen LogP contribution in [0.15, 0.2) is 66.7 Å². The number of carbonyl (C=O) groups excluding carboxylic acids is 1. The van der Waals surface area contributed by atoms with Crippen LogP contribution in [0.5, 0.6) is 0 Å². The molecular formula is C24H22F3N3O2. The second-order valence-electron chi connectivity index (χ2n) is 7.32. The average molecular weight is 441 g/mol. The molecule has 3 aromatic rings. The summed E-state index contributed by atoms with van der Waals surface area (Å²) in [5.74, 6) is 0.0992. The summed E-state index contributed by atoms with van der Waals surface area (Å²) in [5, 5.41) is 4.70. The summed E-state index contributed by atoms with van der Waals surface area (Å²) in [5.41, 5.74) is 8.29. The quantitative estimate of drug-likeness (QED) is 0.541. The number of hydrazine groups is 1. The molecule has 0 aliphatic carbocycles. The van der Waals surface area contributed by atoms with E-state index in [0.29, 0.717) is 22.6 Å². The van der Waals surface area contributed by atoms with Gasteiger partial charge in [-0.1, -0.05) is 36.4 Å². The van der Waals surface area contributed by atoms with Crippen molar-refractivity contribution >= 4 is 23.2 Å². The number of anilines is 1. The van der Waals surface area contributed by atoms with Crippen LogP contribution in [0.1, 0.15) is 28.5 Å². The standard InChI is InChI=1S/C24H20F3N3O2.H2/c1-14-11-17(24(25,26)27)13-18(12-14)28-22-20-6-4-3-5-19(20)21(29-30-22)15-7-9-16(10-8-15)23(31)32-2;/h3-13,28-30H,1-2H3;1H. The number of halogens is 3. The smallest absolute Gasteiger partial charge is 0.416 e. The number of rotatable bonds is 4. The number of esters is 1. The second-order valence-corrected chi connectivity index (χ2v) is 7.32. The van der Waals surface area contributed by atoms with Gasteiger partial charge in [0.2, 0.25) is 0 Å². The van der Waals surface area contributed by atoms with Gasteiger partial charge in [-0.3, -0.25) is 10.9 Å². The molecule has 3 aromatic carbocycles. The minimum atomic E-state index is -4.43. The molecule has 0 saturated carbocycles. The zero-order valence-electron chi connectivity index (χ0n) is 17.3. The molecule has 1 aliphatic rings. The largest absolute Gasteiger partial charge is 0.465 e. The van der Waals surface area contributed by atoms with Crippen LogP contribution >= 0.6 is 0 Å². The Kier molecular flexibility index (Phi) is 5.52. The number of hydrogen-bond donors (Lipinski definition) is 3. The van der Waals surface area contributed by atoms with E-state index in [2.05, 4.69) is 16.2 Å². The third-order valence-electron chi connectivity index (χ3n) is 5.05. The van der Waals surface area contributed by atoms with Gasteiger partial charge in [0.25, 0.3) is 0 Å². The number of ether oxygens (including phenoxy) is 1. The lowest BCUT2D eigenvalue weighted by atomic mass is 10.0. The van der Waals surface area contributed by atoms with Crippen molar-refractivity contribution < 1.29 is 24.1 Å². The first-order valence-electron chi connectivity index (χ1n) is 9.76. The van der Waals surface area contributed by atoms with Crippen LogP contribution < -0.4 is 26.6 Å². The molecule has 0 unspecified atom stereocenters. The highest BCUT2D eigenvalue weighted by Crippen LogP contribution is 2.32. The van der Waals surface area contributed by atoms with Crippen LogP contribution in [-0.4, -0.2) is 13.1 Å². The normalized spacial score (nSPS) is 13.0. The summed E-state index contributed by atoms with van der Waals surface area (Å²) in [6.45, 7) is 1.62. The van der Waals surface area contributed by atoms with Gasteiger partial charge in [0.1, 0.15) is 5.82 Å². The molecule has 32 heavy (non-hydrogen) atoms. The predicted molar refractivity (Wildman–Crippen MR) is 118 cm³/mol. The third kappa shape index (κ3) is 4.25. The maximum absolute atomic E-state index is 13.2. The molecular weight excluding hydrogens is 419 g/mol. The van der Waals surface area contributed by atoms with E-state index in [0.717, 1.165) is 33.8 Å². The molecule has 0 spiro atoms. The molecule has 1 heterocycles. The van der Waals surface area contributed by atoms with Crippen molar-refractivity contribution in [1.82, 2.24) is 10.9 Å². The Morgan fingerprint density at radius 3 is 2.31 bits per heavy atom. The minimum Gasteiger partial charge on any atom is -0.465 e. The van der Waals surface area contributed by atoms with Crippen molar-refractivity contribution in [3.05, 3.63) is 99.4 Å². The maximum Gasteiger partial charge on any atom is 0.416 e. The van der Waals surface area contributed by atoms with E-state index in [1.54, 1.807) is 37.3 Å². The van der Waals surface area contributed by atoms with E-state index in [1.165, 1.54) is 7.11 Å². The molecule has 8 heteroatoms. The van der Waals surface area contributed by atoms with Crippen molar-refractivity contribution in [2.24, 2.45) is 0 Å². The summed E-state index contributed by atoms with van der Waals surface area (Å²) >= 11 is 0. The SMILES string of the molecule is COC(=O)c1ccc(C2=c3ccccc3=C(Nc3cc(C)cc(C(F)(F)F)c3)NN2)cc1.[HH]. The van der Waals surface area contributed by atoms with E-state index < -0.39 is 17.7 Å². The van der Waals surface area contributed by atoms with E-state index in [-0.39, 0.29) is 1.43 Å². The molecule has 0 radical (unpaired) electrons. The second kappa shape index (κ2) is 8.30. The predicted octanol–water partition coefficient (Wildman–Crippen LogP) is 3.49. The summed E-state index contributed by atoms with van der Waals surface area (Å²) < 4.78 is 44.4. The van der Waals surface area contributed by atoms with Gasteiger partial charge in [0.15, 0.2) is 0 Å². The Balaban J connectivity index is 0.00000306. The van der Waals surface area contributed by atoms with Gasteiger partial charge >= 0.3 is 12.1 Å². The Bertz CT molecular complexity index is 1310. The van der Waals surface area contributed by atoms with Crippen LogP contribution in [0.3, 0.4) is 0 Å². The Labute approximate surface area is 183 Å². The average Bonchev–Trinajstić information content (AvgIpc) is 2.78. The van der Waals surface area contributed by atoms with E-state index in [1.807, 2.05) is 24.3 Å². The first-order chi connectivity index (χ1) is 15.3. The highest BCUT2D eigenvalue weighted by molar-refractivity contribution is 5.89. The molecule has 0 bridgehead atoms. The van der Waals surface area contributed by atoms with Crippen LogP contribution in [-0.2, 0) is 10.9 Å². The van der Waals surface area contributed by atoms with E-state index >= 15 is 0 Å². The lowest BCUT2D eigenvalue weighted by Gasteiger charge is -2.23. The molecule has 4 rings (SSSR count). The molecule has 5 nitrogen and oxygen atoms in total. The van der Waals surface area contributed by atoms with Crippen LogP contribution in [0.25, 0.3) is 11.5 Å². The van der Waals surface area contributed by atoms with Crippen molar-refractivity contribution in [2.45, 2.75) is 13.1 Å². The molecule has 0 fully saturated rings. The number of methoxy groups -OCH3 is 1. The first-order valence-corrected chi connectivity index (χ1v) is 9.76.